The Bertz CT molecular complexity index is 330. The number of aryl methyl sites for hydroxylation is 1. The van der Waals surface area contributed by atoms with Crippen LogP contribution in [0.5, 0.6) is 0 Å². The van der Waals surface area contributed by atoms with Crippen molar-refractivity contribution in [3.8, 4) is 0 Å². The molecule has 0 bridgehead atoms. The summed E-state index contributed by atoms with van der Waals surface area (Å²) in [5, 5.41) is 0. The molecule has 0 saturated carbocycles. The molecule has 70 valence electrons. The second kappa shape index (κ2) is 3.60. The van der Waals surface area contributed by atoms with Crippen LogP contribution in [0.3, 0.4) is 0 Å². The second-order valence-corrected chi connectivity index (χ2v) is 3.14. The van der Waals surface area contributed by atoms with Crippen molar-refractivity contribution < 1.29 is 4.39 Å². The van der Waals surface area contributed by atoms with Crippen LogP contribution in [-0.2, 0) is 0 Å². The van der Waals surface area contributed by atoms with Gasteiger partial charge in [-0.1, -0.05) is 6.08 Å². The minimum Gasteiger partial charge on any atom is -0.399 e. The molecule has 2 N–H and O–H groups in total. The summed E-state index contributed by atoms with van der Waals surface area (Å²) >= 11 is 0. The first kappa shape index (κ1) is 9.78. The first-order valence-corrected chi connectivity index (χ1v) is 4.25. The lowest BCUT2D eigenvalue weighted by atomic mass is 10.0. The van der Waals surface area contributed by atoms with Gasteiger partial charge in [-0.25, -0.2) is 4.39 Å². The summed E-state index contributed by atoms with van der Waals surface area (Å²) in [6, 6.07) is 3.37. The van der Waals surface area contributed by atoms with Gasteiger partial charge in [0.25, 0.3) is 0 Å². The largest absolute Gasteiger partial charge is 0.399 e. The third-order valence-corrected chi connectivity index (χ3v) is 2.25. The van der Waals surface area contributed by atoms with Gasteiger partial charge >= 0.3 is 0 Å². The number of nitrogens with two attached hydrogens (primary N) is 1. The molecular formula is C11H14FN. The molecule has 1 nitrogen and oxygen atoms in total. The van der Waals surface area contributed by atoms with E-state index in [9.17, 15) is 4.39 Å². The number of benzene rings is 1. The highest BCUT2D eigenvalue weighted by molar-refractivity contribution is 5.63. The van der Waals surface area contributed by atoms with Crippen LogP contribution >= 0.6 is 0 Å². The van der Waals surface area contributed by atoms with Crippen LogP contribution in [-0.4, -0.2) is 0 Å². The van der Waals surface area contributed by atoms with Crippen LogP contribution in [0.4, 0.5) is 4.39 Å². The van der Waals surface area contributed by atoms with E-state index in [1.807, 2.05) is 19.9 Å². The maximum absolute atomic E-state index is 13.3. The highest BCUT2D eigenvalue weighted by atomic mass is 19.1. The van der Waals surface area contributed by atoms with Gasteiger partial charge < -0.3 is 5.73 Å². The Morgan fingerprint density at radius 3 is 2.46 bits per heavy atom. The molecule has 1 rings (SSSR count). The molecule has 0 radical (unpaired) electrons. The highest BCUT2D eigenvalue weighted by Crippen LogP contribution is 2.18. The third kappa shape index (κ3) is 1.89. The second-order valence-electron chi connectivity index (χ2n) is 3.14. The van der Waals surface area contributed by atoms with Crippen molar-refractivity contribution in [3.05, 3.63) is 40.7 Å². The van der Waals surface area contributed by atoms with E-state index in [-0.39, 0.29) is 5.82 Å². The van der Waals surface area contributed by atoms with E-state index >= 15 is 0 Å². The smallest absolute Gasteiger partial charge is 0.127 e. The van der Waals surface area contributed by atoms with Gasteiger partial charge in [0.15, 0.2) is 0 Å². The predicted molar refractivity (Wildman–Crippen MR) is 53.7 cm³/mol. The standard InChI is InChI=1S/C11H14FN/c1-4-11(13)9-5-7(2)8(3)10(12)6-9/h4-6H,13H2,1-3H3/b11-4-. The molecule has 0 aliphatic rings. The van der Waals surface area contributed by atoms with Gasteiger partial charge in [-0.15, -0.1) is 0 Å². The zero-order valence-corrected chi connectivity index (χ0v) is 8.19. The molecule has 0 aromatic heterocycles. The normalized spacial score (nSPS) is 11.8. The van der Waals surface area contributed by atoms with Gasteiger partial charge in [-0.3, -0.25) is 0 Å². The maximum Gasteiger partial charge on any atom is 0.127 e. The summed E-state index contributed by atoms with van der Waals surface area (Å²) in [6.07, 6.45) is 1.77. The van der Waals surface area contributed by atoms with E-state index in [1.165, 1.54) is 6.07 Å². The molecule has 1 aromatic carbocycles. The van der Waals surface area contributed by atoms with Crippen molar-refractivity contribution in [2.24, 2.45) is 5.73 Å². The van der Waals surface area contributed by atoms with E-state index in [2.05, 4.69) is 0 Å². The molecule has 0 spiro atoms. The molecule has 13 heavy (non-hydrogen) atoms. The monoisotopic (exact) mass is 179 g/mol. The van der Waals surface area contributed by atoms with Crippen molar-refractivity contribution in [3.63, 3.8) is 0 Å². The number of halogens is 1. The zero-order chi connectivity index (χ0) is 10.0. The molecular weight excluding hydrogens is 165 g/mol. The molecule has 0 amide bonds. The SMILES string of the molecule is C/C=C(\N)c1cc(C)c(C)c(F)c1. The summed E-state index contributed by atoms with van der Waals surface area (Å²) < 4.78 is 13.3. The molecule has 2 heteroatoms. The Morgan fingerprint density at radius 1 is 1.38 bits per heavy atom. The molecule has 0 unspecified atom stereocenters. The summed E-state index contributed by atoms with van der Waals surface area (Å²) in [5.74, 6) is -0.195. The van der Waals surface area contributed by atoms with Crippen LogP contribution < -0.4 is 5.73 Å². The van der Waals surface area contributed by atoms with E-state index < -0.39 is 0 Å². The molecule has 0 aliphatic heterocycles. The summed E-state index contributed by atoms with van der Waals surface area (Å²) in [6.45, 7) is 5.48. The van der Waals surface area contributed by atoms with E-state index in [0.29, 0.717) is 11.3 Å². The van der Waals surface area contributed by atoms with E-state index in [0.717, 1.165) is 11.1 Å². The van der Waals surface area contributed by atoms with Crippen molar-refractivity contribution >= 4 is 5.70 Å². The van der Waals surface area contributed by atoms with Gasteiger partial charge in [0, 0.05) is 11.3 Å². The van der Waals surface area contributed by atoms with Crippen LogP contribution in [0, 0.1) is 19.7 Å². The molecule has 0 aliphatic carbocycles. The minimum atomic E-state index is -0.195. The molecule has 0 saturated heterocycles. The zero-order valence-electron chi connectivity index (χ0n) is 8.19. The van der Waals surface area contributed by atoms with Crippen molar-refractivity contribution in [1.29, 1.82) is 0 Å². The van der Waals surface area contributed by atoms with E-state index in [4.69, 9.17) is 5.73 Å². The number of allylic oxidation sites excluding steroid dienone is 1. The van der Waals surface area contributed by atoms with Gasteiger partial charge in [0.2, 0.25) is 0 Å². The number of hydrogen-bond donors (Lipinski definition) is 1. The maximum atomic E-state index is 13.3. The third-order valence-electron chi connectivity index (χ3n) is 2.25. The Morgan fingerprint density at radius 2 is 2.00 bits per heavy atom. The quantitative estimate of drug-likeness (QED) is 0.704. The van der Waals surface area contributed by atoms with Crippen LogP contribution in [0.1, 0.15) is 23.6 Å². The van der Waals surface area contributed by atoms with Gasteiger partial charge in [-0.2, -0.15) is 0 Å². The van der Waals surface area contributed by atoms with Gasteiger partial charge in [0.05, 0.1) is 0 Å². The summed E-state index contributed by atoms with van der Waals surface area (Å²) in [4.78, 5) is 0. The fraction of sp³-hybridized carbons (Fsp3) is 0.273. The Hall–Kier alpha value is -1.31. The molecule has 0 fully saturated rings. The average Bonchev–Trinajstić information content (AvgIpc) is 2.12. The Labute approximate surface area is 78.1 Å². The fourth-order valence-electron chi connectivity index (χ4n) is 1.15. The van der Waals surface area contributed by atoms with Crippen LogP contribution in [0.25, 0.3) is 5.70 Å². The van der Waals surface area contributed by atoms with E-state index in [1.54, 1.807) is 13.0 Å². The topological polar surface area (TPSA) is 26.0 Å². The van der Waals surface area contributed by atoms with Crippen molar-refractivity contribution in [2.75, 3.05) is 0 Å². The molecule has 0 heterocycles. The predicted octanol–water partition coefficient (Wildman–Crippen LogP) is 2.76. The molecule has 0 atom stereocenters. The van der Waals surface area contributed by atoms with Crippen LogP contribution in [0.2, 0.25) is 0 Å². The highest BCUT2D eigenvalue weighted by Gasteiger charge is 2.04. The van der Waals surface area contributed by atoms with Crippen molar-refractivity contribution in [2.45, 2.75) is 20.8 Å². The lowest BCUT2D eigenvalue weighted by Gasteiger charge is -2.06. The summed E-state index contributed by atoms with van der Waals surface area (Å²) in [5.41, 5.74) is 8.66. The fourth-order valence-corrected chi connectivity index (χ4v) is 1.15. The number of hydrogen-bond acceptors (Lipinski definition) is 1. The Balaban J connectivity index is 3.29. The first-order valence-electron chi connectivity index (χ1n) is 4.25. The van der Waals surface area contributed by atoms with Gasteiger partial charge in [0.1, 0.15) is 5.82 Å². The lowest BCUT2D eigenvalue weighted by molar-refractivity contribution is 0.616. The molecule has 1 aromatic rings. The van der Waals surface area contributed by atoms with Crippen LogP contribution in [0.15, 0.2) is 18.2 Å². The van der Waals surface area contributed by atoms with Gasteiger partial charge in [-0.05, 0) is 44.0 Å². The first-order chi connectivity index (χ1) is 6.06. The average molecular weight is 179 g/mol. The lowest BCUT2D eigenvalue weighted by Crippen LogP contribution is -1.98. The number of rotatable bonds is 1. The van der Waals surface area contributed by atoms with Crippen molar-refractivity contribution in [1.82, 2.24) is 0 Å². The minimum absolute atomic E-state index is 0.195. The summed E-state index contributed by atoms with van der Waals surface area (Å²) in [7, 11) is 0. The Kier molecular flexibility index (Phi) is 2.71.